The van der Waals surface area contributed by atoms with E-state index in [1.807, 2.05) is 36.5 Å². The van der Waals surface area contributed by atoms with E-state index in [0.29, 0.717) is 23.7 Å². The molecule has 7 nitrogen and oxygen atoms in total. The van der Waals surface area contributed by atoms with Gasteiger partial charge in [-0.25, -0.2) is 0 Å². The summed E-state index contributed by atoms with van der Waals surface area (Å²) in [6, 6.07) is 13.0. The first kappa shape index (κ1) is 21.5. The van der Waals surface area contributed by atoms with Gasteiger partial charge in [-0.1, -0.05) is 36.9 Å². The molecule has 0 amide bonds. The van der Waals surface area contributed by atoms with Crippen molar-refractivity contribution < 1.29 is 28.5 Å². The minimum absolute atomic E-state index is 0.317. The first-order chi connectivity index (χ1) is 15.3. The van der Waals surface area contributed by atoms with Crippen molar-refractivity contribution in [3.8, 4) is 11.5 Å². The zero-order chi connectivity index (χ0) is 22.9. The number of aromatic nitrogens is 1. The highest BCUT2D eigenvalue weighted by Gasteiger charge is 2.48. The van der Waals surface area contributed by atoms with Gasteiger partial charge in [0.05, 0.1) is 7.11 Å². The average Bonchev–Trinajstić information content (AvgIpc) is 3.18. The van der Waals surface area contributed by atoms with Crippen molar-refractivity contribution >= 4 is 22.8 Å². The summed E-state index contributed by atoms with van der Waals surface area (Å²) in [7, 11) is 1.53. The minimum Gasteiger partial charge on any atom is -0.493 e. The van der Waals surface area contributed by atoms with Crippen LogP contribution in [0.1, 0.15) is 30.9 Å². The Morgan fingerprint density at radius 3 is 2.53 bits per heavy atom. The van der Waals surface area contributed by atoms with Crippen LogP contribution in [0.2, 0.25) is 0 Å². The topological polar surface area (TPSA) is 86.9 Å². The maximum Gasteiger partial charge on any atom is 0.324 e. The molecule has 4 rings (SSSR count). The number of fused-ring (bicyclic) bond motifs is 1. The Hall–Kier alpha value is -3.74. The molecule has 1 aliphatic heterocycles. The zero-order valence-corrected chi connectivity index (χ0v) is 18.2. The lowest BCUT2D eigenvalue weighted by Gasteiger charge is -2.36. The molecule has 2 heterocycles. The van der Waals surface area contributed by atoms with E-state index in [4.69, 9.17) is 18.9 Å². The van der Waals surface area contributed by atoms with Crippen LogP contribution in [0.4, 0.5) is 0 Å². The monoisotopic (exact) mass is 435 g/mol. The lowest BCUT2D eigenvalue weighted by molar-refractivity contribution is -0.240. The number of rotatable bonds is 7. The summed E-state index contributed by atoms with van der Waals surface area (Å²) in [5.74, 6) is -3.40. The van der Waals surface area contributed by atoms with E-state index in [0.717, 1.165) is 16.5 Å². The van der Waals surface area contributed by atoms with Gasteiger partial charge in [-0.15, -0.1) is 0 Å². The van der Waals surface area contributed by atoms with Crippen molar-refractivity contribution in [1.82, 2.24) is 4.98 Å². The third-order valence-corrected chi connectivity index (χ3v) is 5.39. The number of carbonyl (C=O) groups excluding carboxylic acids is 2. The third kappa shape index (κ3) is 3.93. The van der Waals surface area contributed by atoms with Gasteiger partial charge < -0.3 is 23.9 Å². The number of H-pyrrole nitrogens is 1. The predicted molar refractivity (Wildman–Crippen MR) is 119 cm³/mol. The molecule has 7 heteroatoms. The van der Waals surface area contributed by atoms with Crippen LogP contribution in [0.3, 0.4) is 0 Å². The van der Waals surface area contributed by atoms with Crippen LogP contribution in [0, 0.1) is 5.92 Å². The predicted octanol–water partition coefficient (Wildman–Crippen LogP) is 4.33. The third-order valence-electron chi connectivity index (χ3n) is 5.39. The van der Waals surface area contributed by atoms with Gasteiger partial charge in [0.1, 0.15) is 6.61 Å². The van der Waals surface area contributed by atoms with Gasteiger partial charge in [0.25, 0.3) is 5.79 Å². The largest absolute Gasteiger partial charge is 0.493 e. The van der Waals surface area contributed by atoms with Crippen LogP contribution in [-0.2, 0) is 19.1 Å². The number of aromatic amines is 1. The summed E-state index contributed by atoms with van der Waals surface area (Å²) in [4.78, 5) is 29.3. The minimum atomic E-state index is -1.31. The number of benzene rings is 2. The molecule has 0 spiro atoms. The number of cyclic esters (lactones) is 2. The summed E-state index contributed by atoms with van der Waals surface area (Å²) in [6.45, 7) is 7.05. The van der Waals surface area contributed by atoms with Gasteiger partial charge in [0, 0.05) is 36.9 Å². The highest BCUT2D eigenvalue weighted by atomic mass is 16.7. The highest BCUT2D eigenvalue weighted by Crippen LogP contribution is 2.43. The van der Waals surface area contributed by atoms with Crippen LogP contribution >= 0.6 is 0 Å². The van der Waals surface area contributed by atoms with E-state index in [2.05, 4.69) is 11.6 Å². The Labute approximate surface area is 185 Å². The molecule has 1 aromatic heterocycles. The van der Waals surface area contributed by atoms with E-state index < -0.39 is 29.6 Å². The number of hydrogen-bond acceptors (Lipinski definition) is 6. The number of esters is 2. The SMILES string of the molecule is C=CCOc1ccc([C@@H](c2c[nH]c3ccccc23)C2C(=O)OC(C)(C)OC2=O)cc1OC. The van der Waals surface area contributed by atoms with Crippen molar-refractivity contribution in [2.24, 2.45) is 5.92 Å². The fourth-order valence-corrected chi connectivity index (χ4v) is 4.05. The first-order valence-corrected chi connectivity index (χ1v) is 10.3. The standard InChI is InChI=1S/C25H25NO6/c1-5-12-30-19-11-10-15(13-20(19)29-4)21(17-14-26-18-9-7-6-8-16(17)18)22-23(27)31-25(2,3)32-24(22)28/h5-11,13-14,21-22,26H,1,12H2,2-4H3/t21-/m0/s1. The molecule has 0 aliphatic carbocycles. The van der Waals surface area contributed by atoms with Crippen molar-refractivity contribution in [2.75, 3.05) is 13.7 Å². The van der Waals surface area contributed by atoms with Gasteiger partial charge in [0.15, 0.2) is 17.4 Å². The lowest BCUT2D eigenvalue weighted by atomic mass is 9.80. The van der Waals surface area contributed by atoms with Gasteiger partial charge in [-0.3, -0.25) is 9.59 Å². The molecular weight excluding hydrogens is 410 g/mol. The second kappa shape index (κ2) is 8.42. The van der Waals surface area contributed by atoms with Crippen molar-refractivity contribution in [3.05, 3.63) is 72.4 Å². The van der Waals surface area contributed by atoms with E-state index in [9.17, 15) is 9.59 Å². The quantitative estimate of drug-likeness (QED) is 0.338. The second-order valence-corrected chi connectivity index (χ2v) is 8.00. The number of nitrogens with one attached hydrogen (secondary N) is 1. The van der Waals surface area contributed by atoms with Crippen molar-refractivity contribution in [1.29, 1.82) is 0 Å². The fourth-order valence-electron chi connectivity index (χ4n) is 4.05. The Morgan fingerprint density at radius 1 is 1.12 bits per heavy atom. The average molecular weight is 435 g/mol. The van der Waals surface area contributed by atoms with E-state index in [-0.39, 0.29) is 0 Å². The van der Waals surface area contributed by atoms with Gasteiger partial charge in [0.2, 0.25) is 0 Å². The van der Waals surface area contributed by atoms with Crippen LogP contribution in [-0.4, -0.2) is 36.4 Å². The Balaban J connectivity index is 1.86. The number of para-hydroxylation sites is 1. The molecule has 32 heavy (non-hydrogen) atoms. The molecule has 0 bridgehead atoms. The molecule has 2 aromatic carbocycles. The smallest absolute Gasteiger partial charge is 0.324 e. The first-order valence-electron chi connectivity index (χ1n) is 10.3. The molecule has 1 fully saturated rings. The lowest BCUT2D eigenvalue weighted by Crippen LogP contribution is -2.48. The van der Waals surface area contributed by atoms with E-state index >= 15 is 0 Å². The van der Waals surface area contributed by atoms with Gasteiger partial charge in [-0.2, -0.15) is 0 Å². The van der Waals surface area contributed by atoms with Crippen LogP contribution in [0.25, 0.3) is 10.9 Å². The molecule has 1 N–H and O–H groups in total. The normalized spacial score (nSPS) is 16.8. The Bertz CT molecular complexity index is 1160. The molecule has 166 valence electrons. The molecule has 1 aliphatic rings. The summed E-state index contributed by atoms with van der Waals surface area (Å²) in [6.07, 6.45) is 3.45. The number of hydrogen-bond donors (Lipinski definition) is 1. The number of carbonyl (C=O) groups is 2. The van der Waals surface area contributed by atoms with Crippen LogP contribution in [0.5, 0.6) is 11.5 Å². The zero-order valence-electron chi connectivity index (χ0n) is 18.2. The van der Waals surface area contributed by atoms with E-state index in [1.165, 1.54) is 21.0 Å². The van der Waals surface area contributed by atoms with Crippen molar-refractivity contribution in [3.63, 3.8) is 0 Å². The molecule has 0 radical (unpaired) electrons. The van der Waals surface area contributed by atoms with Crippen LogP contribution < -0.4 is 9.47 Å². The summed E-state index contributed by atoms with van der Waals surface area (Å²) in [5.41, 5.74) is 2.36. The molecule has 1 atom stereocenters. The van der Waals surface area contributed by atoms with E-state index in [1.54, 1.807) is 18.2 Å². The summed E-state index contributed by atoms with van der Waals surface area (Å²) >= 11 is 0. The number of methoxy groups -OCH3 is 1. The maximum atomic E-state index is 13.0. The van der Waals surface area contributed by atoms with Gasteiger partial charge >= 0.3 is 11.9 Å². The molecule has 0 saturated carbocycles. The van der Waals surface area contributed by atoms with Crippen molar-refractivity contribution in [2.45, 2.75) is 25.6 Å². The molecular formula is C25H25NO6. The molecule has 3 aromatic rings. The summed E-state index contributed by atoms with van der Waals surface area (Å²) in [5, 5.41) is 0.897. The maximum absolute atomic E-state index is 13.0. The Kier molecular flexibility index (Phi) is 5.65. The fraction of sp³-hybridized carbons (Fsp3) is 0.280. The van der Waals surface area contributed by atoms with Gasteiger partial charge in [-0.05, 0) is 29.3 Å². The molecule has 1 saturated heterocycles. The Morgan fingerprint density at radius 2 is 1.84 bits per heavy atom. The summed E-state index contributed by atoms with van der Waals surface area (Å²) < 4.78 is 22.1. The highest BCUT2D eigenvalue weighted by molar-refractivity contribution is 5.99. The second-order valence-electron chi connectivity index (χ2n) is 8.00. The molecule has 0 unspecified atom stereocenters. The number of ether oxygens (including phenoxy) is 4. The van der Waals surface area contributed by atoms with Crippen LogP contribution in [0.15, 0.2) is 61.3 Å².